The molecule has 0 bridgehead atoms. The summed E-state index contributed by atoms with van der Waals surface area (Å²) in [6.45, 7) is 9.10. The quantitative estimate of drug-likeness (QED) is 0.700. The molecule has 126 valence electrons. The highest BCUT2D eigenvalue weighted by Crippen LogP contribution is 2.23. The highest BCUT2D eigenvalue weighted by Gasteiger charge is 2.22. The Balaban J connectivity index is 1.92. The maximum absolute atomic E-state index is 13.0. The fraction of sp³-hybridized carbons (Fsp3) is 0.333. The zero-order valence-electron chi connectivity index (χ0n) is 14.4. The molecule has 6 heteroatoms. The molecule has 3 rings (SSSR count). The Hall–Kier alpha value is -2.34. The Morgan fingerprint density at radius 3 is 2.71 bits per heavy atom. The van der Waals surface area contributed by atoms with E-state index >= 15 is 0 Å². The van der Waals surface area contributed by atoms with Gasteiger partial charge in [0, 0.05) is 28.9 Å². The molecule has 0 saturated heterocycles. The zero-order valence-corrected chi connectivity index (χ0v) is 15.2. The molecule has 0 aliphatic heterocycles. The molecular formula is C18H21N3O2S. The van der Waals surface area contributed by atoms with Crippen molar-refractivity contribution in [2.45, 2.75) is 34.2 Å². The van der Waals surface area contributed by atoms with Gasteiger partial charge in [-0.2, -0.15) is 0 Å². The normalized spacial score (nSPS) is 11.0. The molecule has 0 unspecified atom stereocenters. The van der Waals surface area contributed by atoms with E-state index in [0.29, 0.717) is 24.5 Å². The van der Waals surface area contributed by atoms with E-state index in [1.807, 2.05) is 60.7 Å². The van der Waals surface area contributed by atoms with E-state index in [1.165, 1.54) is 4.88 Å². The first-order valence-electron chi connectivity index (χ1n) is 7.95. The van der Waals surface area contributed by atoms with Crippen molar-refractivity contribution in [2.24, 2.45) is 0 Å². The molecule has 3 aromatic rings. The highest BCUT2D eigenvalue weighted by molar-refractivity contribution is 7.09. The van der Waals surface area contributed by atoms with Crippen LogP contribution in [-0.4, -0.2) is 27.1 Å². The van der Waals surface area contributed by atoms with Gasteiger partial charge in [-0.15, -0.1) is 11.3 Å². The molecule has 3 aromatic heterocycles. The summed E-state index contributed by atoms with van der Waals surface area (Å²) < 4.78 is 7.13. The zero-order chi connectivity index (χ0) is 17.3. The second-order valence-corrected chi connectivity index (χ2v) is 6.85. The number of thiophene rings is 1. The van der Waals surface area contributed by atoms with Gasteiger partial charge in [-0.05, 0) is 45.2 Å². The van der Waals surface area contributed by atoms with E-state index in [0.717, 1.165) is 17.1 Å². The third-order valence-corrected chi connectivity index (χ3v) is 4.96. The summed E-state index contributed by atoms with van der Waals surface area (Å²) in [5, 5.41) is 6.11. The molecule has 0 aromatic carbocycles. The molecule has 5 nitrogen and oxygen atoms in total. The standard InChI is InChI=1S/C18H21N3O2S/c1-5-20(11-15-7-6-8-24-15)18(22)16-9-12(2)21(14(16)4)17-10-13(3)23-19-17/h6-10H,5,11H2,1-4H3. The summed E-state index contributed by atoms with van der Waals surface area (Å²) in [5.74, 6) is 1.51. The number of aromatic nitrogens is 2. The van der Waals surface area contributed by atoms with E-state index in [4.69, 9.17) is 4.52 Å². The van der Waals surface area contributed by atoms with Crippen LogP contribution in [0.4, 0.5) is 0 Å². The smallest absolute Gasteiger partial charge is 0.256 e. The fourth-order valence-corrected chi connectivity index (χ4v) is 3.60. The van der Waals surface area contributed by atoms with Crippen LogP contribution in [0.1, 0.15) is 39.3 Å². The third kappa shape index (κ3) is 3.01. The van der Waals surface area contributed by atoms with Crippen molar-refractivity contribution in [1.29, 1.82) is 0 Å². The first-order valence-corrected chi connectivity index (χ1v) is 8.83. The van der Waals surface area contributed by atoms with Gasteiger partial charge in [-0.1, -0.05) is 11.2 Å². The van der Waals surface area contributed by atoms with Crippen molar-refractivity contribution in [1.82, 2.24) is 14.6 Å². The lowest BCUT2D eigenvalue weighted by molar-refractivity contribution is 0.0753. The Morgan fingerprint density at radius 1 is 1.33 bits per heavy atom. The summed E-state index contributed by atoms with van der Waals surface area (Å²) in [5.41, 5.74) is 2.57. The average Bonchev–Trinajstić information content (AvgIpc) is 3.26. The van der Waals surface area contributed by atoms with Gasteiger partial charge in [-0.25, -0.2) is 0 Å². The van der Waals surface area contributed by atoms with Crippen molar-refractivity contribution in [3.63, 3.8) is 0 Å². The van der Waals surface area contributed by atoms with Gasteiger partial charge >= 0.3 is 0 Å². The van der Waals surface area contributed by atoms with Crippen LogP contribution < -0.4 is 0 Å². The lowest BCUT2D eigenvalue weighted by Gasteiger charge is -2.20. The highest BCUT2D eigenvalue weighted by atomic mass is 32.1. The molecule has 3 heterocycles. The maximum Gasteiger partial charge on any atom is 0.256 e. The summed E-state index contributed by atoms with van der Waals surface area (Å²) in [4.78, 5) is 16.1. The third-order valence-electron chi connectivity index (χ3n) is 4.10. The van der Waals surface area contributed by atoms with Crippen molar-refractivity contribution in [3.05, 3.63) is 57.2 Å². The van der Waals surface area contributed by atoms with Crippen molar-refractivity contribution >= 4 is 17.2 Å². The topological polar surface area (TPSA) is 51.3 Å². The van der Waals surface area contributed by atoms with Crippen LogP contribution in [0.5, 0.6) is 0 Å². The predicted molar refractivity (Wildman–Crippen MR) is 94.8 cm³/mol. The SMILES string of the molecule is CCN(Cc1cccs1)C(=O)c1cc(C)n(-c2cc(C)on2)c1C. The van der Waals surface area contributed by atoms with Crippen molar-refractivity contribution in [3.8, 4) is 5.82 Å². The van der Waals surface area contributed by atoms with Gasteiger partial charge in [0.15, 0.2) is 5.82 Å². The lowest BCUT2D eigenvalue weighted by atomic mass is 10.2. The van der Waals surface area contributed by atoms with Gasteiger partial charge in [0.05, 0.1) is 12.1 Å². The monoisotopic (exact) mass is 343 g/mol. The lowest BCUT2D eigenvalue weighted by Crippen LogP contribution is -2.30. The number of hydrogen-bond acceptors (Lipinski definition) is 4. The molecule has 24 heavy (non-hydrogen) atoms. The van der Waals surface area contributed by atoms with Crippen LogP contribution in [0.3, 0.4) is 0 Å². The minimum atomic E-state index is 0.0467. The van der Waals surface area contributed by atoms with Gasteiger partial charge in [-0.3, -0.25) is 9.36 Å². The molecule has 0 aliphatic rings. The number of rotatable bonds is 5. The van der Waals surface area contributed by atoms with Crippen LogP contribution >= 0.6 is 11.3 Å². The van der Waals surface area contributed by atoms with Crippen LogP contribution in [0.2, 0.25) is 0 Å². The summed E-state index contributed by atoms with van der Waals surface area (Å²) >= 11 is 1.67. The maximum atomic E-state index is 13.0. The molecule has 0 N–H and O–H groups in total. The number of carbonyl (C=O) groups is 1. The molecule has 0 spiro atoms. The van der Waals surface area contributed by atoms with Gasteiger partial charge < -0.3 is 9.42 Å². The van der Waals surface area contributed by atoms with E-state index < -0.39 is 0 Å². The number of aryl methyl sites for hydroxylation is 2. The number of amides is 1. The van der Waals surface area contributed by atoms with Crippen LogP contribution in [0, 0.1) is 20.8 Å². The summed E-state index contributed by atoms with van der Waals surface area (Å²) in [6, 6.07) is 7.87. The first kappa shape index (κ1) is 16.5. The van der Waals surface area contributed by atoms with Gasteiger partial charge in [0.1, 0.15) is 5.76 Å². The largest absolute Gasteiger partial charge is 0.360 e. The molecule has 0 fully saturated rings. The Kier molecular flexibility index (Phi) is 4.57. The molecular weight excluding hydrogens is 322 g/mol. The van der Waals surface area contributed by atoms with E-state index in [2.05, 4.69) is 11.2 Å². The van der Waals surface area contributed by atoms with E-state index in [1.54, 1.807) is 11.3 Å². The van der Waals surface area contributed by atoms with Crippen molar-refractivity contribution < 1.29 is 9.32 Å². The summed E-state index contributed by atoms with van der Waals surface area (Å²) in [7, 11) is 0. The summed E-state index contributed by atoms with van der Waals surface area (Å²) in [6.07, 6.45) is 0. The molecule has 0 saturated carbocycles. The molecule has 0 atom stereocenters. The van der Waals surface area contributed by atoms with E-state index in [-0.39, 0.29) is 5.91 Å². The van der Waals surface area contributed by atoms with Crippen LogP contribution in [0.25, 0.3) is 5.82 Å². The van der Waals surface area contributed by atoms with Crippen molar-refractivity contribution in [2.75, 3.05) is 6.54 Å². The van der Waals surface area contributed by atoms with Gasteiger partial charge in [0.2, 0.25) is 0 Å². The van der Waals surface area contributed by atoms with Gasteiger partial charge in [0.25, 0.3) is 5.91 Å². The first-order chi connectivity index (χ1) is 11.5. The number of carbonyl (C=O) groups excluding carboxylic acids is 1. The second kappa shape index (κ2) is 6.65. The van der Waals surface area contributed by atoms with Crippen LogP contribution in [0.15, 0.2) is 34.2 Å². The van der Waals surface area contributed by atoms with E-state index in [9.17, 15) is 4.79 Å². The second-order valence-electron chi connectivity index (χ2n) is 5.81. The number of nitrogens with zero attached hydrogens (tertiary/aromatic N) is 3. The fourth-order valence-electron chi connectivity index (χ4n) is 2.88. The molecule has 0 aliphatic carbocycles. The number of hydrogen-bond donors (Lipinski definition) is 0. The minimum absolute atomic E-state index is 0.0467. The molecule has 0 radical (unpaired) electrons. The van der Waals surface area contributed by atoms with Crippen LogP contribution in [-0.2, 0) is 6.54 Å². The molecule has 1 amide bonds. The minimum Gasteiger partial charge on any atom is -0.360 e. The predicted octanol–water partition coefficient (Wildman–Crippen LogP) is 4.11. The Labute approximate surface area is 145 Å². The Bertz CT molecular complexity index is 846. The Morgan fingerprint density at radius 2 is 2.12 bits per heavy atom. The average molecular weight is 343 g/mol.